The van der Waals surface area contributed by atoms with Gasteiger partial charge in [0.05, 0.1) is 12.7 Å². The fourth-order valence-electron chi connectivity index (χ4n) is 4.51. The highest BCUT2D eigenvalue weighted by atomic mass is 32.2. The van der Waals surface area contributed by atoms with Crippen molar-refractivity contribution in [1.82, 2.24) is 24.0 Å². The molecule has 1 aliphatic heterocycles. The third-order valence-corrected chi connectivity index (χ3v) is 8.46. The second-order valence-electron chi connectivity index (χ2n) is 9.43. The molecule has 2 aromatic carbocycles. The zero-order valence-corrected chi connectivity index (χ0v) is 22.0. The van der Waals surface area contributed by atoms with Crippen LogP contribution < -0.4 is 5.32 Å². The highest BCUT2D eigenvalue weighted by molar-refractivity contribution is 7.89. The lowest BCUT2D eigenvalue weighted by molar-refractivity contribution is -0.148. The molecule has 0 spiro atoms. The third-order valence-electron chi connectivity index (χ3n) is 6.55. The molecule has 9 nitrogen and oxygen atoms in total. The number of halogens is 4. The second-order valence-corrected chi connectivity index (χ2v) is 11.3. The number of nitrogens with zero attached hydrogens (tertiary/aromatic N) is 5. The number of alkyl halides is 3. The Balaban J connectivity index is 1.33. The Hall–Kier alpha value is -3.88. The summed E-state index contributed by atoms with van der Waals surface area (Å²) >= 11 is 0. The quantitative estimate of drug-likeness (QED) is 0.350. The van der Waals surface area contributed by atoms with E-state index in [2.05, 4.69) is 15.4 Å². The van der Waals surface area contributed by atoms with Crippen LogP contribution in [-0.4, -0.2) is 77.2 Å². The molecular weight excluding hydrogens is 552 g/mol. The van der Waals surface area contributed by atoms with E-state index in [-0.39, 0.29) is 37.6 Å². The van der Waals surface area contributed by atoms with Crippen LogP contribution in [0.1, 0.15) is 10.4 Å². The Morgan fingerprint density at radius 3 is 2.40 bits per heavy atom. The van der Waals surface area contributed by atoms with Gasteiger partial charge in [-0.05, 0) is 41.3 Å². The lowest BCUT2D eigenvalue weighted by atomic mass is 10.1. The zero-order valence-electron chi connectivity index (χ0n) is 21.2. The molecule has 5 rings (SSSR count). The van der Waals surface area contributed by atoms with Crippen molar-refractivity contribution >= 4 is 32.5 Å². The van der Waals surface area contributed by atoms with Crippen LogP contribution in [0.5, 0.6) is 0 Å². The number of hydrogen-bond donors (Lipinski definition) is 1. The smallest absolute Gasteiger partial charge is 0.307 e. The van der Waals surface area contributed by atoms with Gasteiger partial charge < -0.3 is 5.32 Å². The minimum absolute atomic E-state index is 0.123. The number of fused-ring (bicyclic) bond motifs is 1. The molecule has 14 heteroatoms. The number of hydrogen-bond acceptors (Lipinski definition) is 6. The van der Waals surface area contributed by atoms with Crippen LogP contribution in [0.25, 0.3) is 21.9 Å². The maximum Gasteiger partial charge on any atom is 0.401 e. The first-order valence-electron chi connectivity index (χ1n) is 12.2. The molecule has 1 N–H and O–H groups in total. The fraction of sp³-hybridized carbons (Fsp3) is 0.269. The largest absolute Gasteiger partial charge is 0.401 e. The number of carbonyl (C=O) groups is 1. The van der Waals surface area contributed by atoms with E-state index in [1.54, 1.807) is 23.1 Å². The molecular formula is C26H24F4N6O3S. The van der Waals surface area contributed by atoms with Crippen molar-refractivity contribution in [2.45, 2.75) is 11.1 Å². The highest BCUT2D eigenvalue weighted by Gasteiger charge is 2.36. The first-order chi connectivity index (χ1) is 18.9. The maximum absolute atomic E-state index is 14.6. The number of aryl methyl sites for hydroxylation is 1. The molecule has 0 saturated carbocycles. The Kier molecular flexibility index (Phi) is 7.33. The summed E-state index contributed by atoms with van der Waals surface area (Å²) in [6, 6.07) is 10.3. The minimum atomic E-state index is -4.41. The Bertz CT molecular complexity index is 1680. The number of nitrogens with one attached hydrogen (secondary N) is 1. The van der Waals surface area contributed by atoms with E-state index in [0.29, 0.717) is 0 Å². The van der Waals surface area contributed by atoms with Crippen LogP contribution in [0, 0.1) is 5.82 Å². The van der Waals surface area contributed by atoms with Gasteiger partial charge in [0.15, 0.2) is 0 Å². The van der Waals surface area contributed by atoms with Crippen LogP contribution in [0.2, 0.25) is 0 Å². The molecule has 0 unspecified atom stereocenters. The molecule has 1 amide bonds. The molecule has 1 aliphatic rings. The van der Waals surface area contributed by atoms with E-state index >= 15 is 0 Å². The van der Waals surface area contributed by atoms with Gasteiger partial charge >= 0.3 is 6.18 Å². The maximum atomic E-state index is 14.6. The minimum Gasteiger partial charge on any atom is -0.307 e. The summed E-state index contributed by atoms with van der Waals surface area (Å²) in [7, 11) is -2.59. The predicted octanol–water partition coefficient (Wildman–Crippen LogP) is 3.90. The molecule has 2 aromatic heterocycles. The van der Waals surface area contributed by atoms with Crippen molar-refractivity contribution in [3.8, 4) is 11.1 Å². The van der Waals surface area contributed by atoms with Gasteiger partial charge in [0, 0.05) is 62.1 Å². The van der Waals surface area contributed by atoms with E-state index in [9.17, 15) is 30.8 Å². The molecule has 1 fully saturated rings. The topological polar surface area (TPSA) is 100 Å². The summed E-state index contributed by atoms with van der Waals surface area (Å²) in [6.07, 6.45) is 0.772. The van der Waals surface area contributed by atoms with Gasteiger partial charge in [-0.3, -0.25) is 14.4 Å². The van der Waals surface area contributed by atoms with Crippen LogP contribution >= 0.6 is 0 Å². The SMILES string of the molecule is Cn1cc(-c2ccc3cnc(NC(=O)c4ccc(F)c(S(=O)(=O)N5CCN(CC(F)(F)F)CC5)c4)cc3c2)cn1. The Morgan fingerprint density at radius 1 is 0.975 bits per heavy atom. The van der Waals surface area contributed by atoms with Gasteiger partial charge in [-0.25, -0.2) is 17.8 Å². The van der Waals surface area contributed by atoms with Crippen molar-refractivity contribution in [3.63, 3.8) is 0 Å². The average Bonchev–Trinajstić information content (AvgIpc) is 3.34. The van der Waals surface area contributed by atoms with Gasteiger partial charge in [-0.1, -0.05) is 12.1 Å². The van der Waals surface area contributed by atoms with E-state index in [1.165, 1.54) is 0 Å². The fourth-order valence-corrected chi connectivity index (χ4v) is 6.02. The van der Waals surface area contributed by atoms with Gasteiger partial charge in [-0.15, -0.1) is 0 Å². The van der Waals surface area contributed by atoms with Crippen molar-refractivity contribution in [2.24, 2.45) is 7.05 Å². The molecule has 4 aromatic rings. The summed E-state index contributed by atoms with van der Waals surface area (Å²) < 4.78 is 81.5. The molecule has 0 atom stereocenters. The lowest BCUT2D eigenvalue weighted by Gasteiger charge is -2.34. The van der Waals surface area contributed by atoms with Gasteiger partial charge in [0.1, 0.15) is 16.5 Å². The van der Waals surface area contributed by atoms with Crippen molar-refractivity contribution in [1.29, 1.82) is 0 Å². The number of piperazine rings is 1. The van der Waals surface area contributed by atoms with Crippen molar-refractivity contribution < 1.29 is 30.8 Å². The summed E-state index contributed by atoms with van der Waals surface area (Å²) in [5.41, 5.74) is 1.70. The number of sulfonamides is 1. The van der Waals surface area contributed by atoms with E-state index in [0.717, 1.165) is 49.3 Å². The number of anilines is 1. The first kappa shape index (κ1) is 27.7. The molecule has 0 bridgehead atoms. The molecule has 3 heterocycles. The lowest BCUT2D eigenvalue weighted by Crippen LogP contribution is -2.50. The molecule has 1 saturated heterocycles. The van der Waals surface area contributed by atoms with Crippen LogP contribution in [0.3, 0.4) is 0 Å². The van der Waals surface area contributed by atoms with E-state index in [1.807, 2.05) is 31.4 Å². The molecule has 0 aliphatic carbocycles. The van der Waals surface area contributed by atoms with Crippen molar-refractivity contribution in [2.75, 3.05) is 38.0 Å². The summed E-state index contributed by atoms with van der Waals surface area (Å²) in [5.74, 6) is -1.57. The van der Waals surface area contributed by atoms with Gasteiger partial charge in [-0.2, -0.15) is 22.6 Å². The highest BCUT2D eigenvalue weighted by Crippen LogP contribution is 2.27. The van der Waals surface area contributed by atoms with Crippen LogP contribution in [0.15, 0.2) is 66.0 Å². The molecule has 0 radical (unpaired) electrons. The first-order valence-corrected chi connectivity index (χ1v) is 13.6. The molecule has 210 valence electrons. The standard InChI is InChI=1S/C26H24F4N6O3S/c1-34-15-21(14-32-34)17-2-3-19-13-31-24(12-20(19)10-17)33-25(37)18-4-5-22(27)23(11-18)40(38,39)36-8-6-35(7-9-36)16-26(28,29)30/h2-5,10-15H,6-9,16H2,1H3,(H,31,33,37). The van der Waals surface area contributed by atoms with Crippen molar-refractivity contribution in [3.05, 3.63) is 72.4 Å². The number of carbonyl (C=O) groups excluding carboxylic acids is 1. The Morgan fingerprint density at radius 2 is 1.73 bits per heavy atom. The summed E-state index contributed by atoms with van der Waals surface area (Å²) in [6.45, 7) is -1.95. The predicted molar refractivity (Wildman–Crippen MR) is 140 cm³/mol. The second kappa shape index (κ2) is 10.6. The molecule has 40 heavy (non-hydrogen) atoms. The van der Waals surface area contributed by atoms with E-state index in [4.69, 9.17) is 0 Å². The average molecular weight is 577 g/mol. The van der Waals surface area contributed by atoms with Gasteiger partial charge in [0.2, 0.25) is 10.0 Å². The summed E-state index contributed by atoms with van der Waals surface area (Å²) in [4.78, 5) is 17.6. The number of amides is 1. The zero-order chi connectivity index (χ0) is 28.7. The van der Waals surface area contributed by atoms with Crippen LogP contribution in [-0.2, 0) is 17.1 Å². The Labute approximate surface area is 227 Å². The number of aromatic nitrogens is 3. The summed E-state index contributed by atoms with van der Waals surface area (Å²) in [5, 5.41) is 8.40. The van der Waals surface area contributed by atoms with Crippen LogP contribution in [0.4, 0.5) is 23.4 Å². The number of rotatable bonds is 6. The number of benzene rings is 2. The number of pyridine rings is 1. The van der Waals surface area contributed by atoms with E-state index < -0.39 is 39.4 Å². The normalized spacial score (nSPS) is 15.4. The van der Waals surface area contributed by atoms with Gasteiger partial charge in [0.25, 0.3) is 5.91 Å². The monoisotopic (exact) mass is 576 g/mol. The third kappa shape index (κ3) is 5.98.